The van der Waals surface area contributed by atoms with Crippen molar-refractivity contribution >= 4 is 28.4 Å². The van der Waals surface area contributed by atoms with Gasteiger partial charge in [-0.3, -0.25) is 0 Å². The van der Waals surface area contributed by atoms with Crippen LogP contribution in [0, 0.1) is 3.57 Å². The molecule has 0 spiro atoms. The molecule has 1 aromatic rings. The summed E-state index contributed by atoms with van der Waals surface area (Å²) in [5.41, 5.74) is 6.95. The molecule has 76 valence electrons. The second kappa shape index (κ2) is 4.00. The first kappa shape index (κ1) is 10.1. The van der Waals surface area contributed by atoms with Gasteiger partial charge in [0.2, 0.25) is 0 Å². The van der Waals surface area contributed by atoms with Gasteiger partial charge < -0.3 is 5.73 Å². The van der Waals surface area contributed by atoms with Gasteiger partial charge in [-0.15, -0.1) is 0 Å². The lowest BCUT2D eigenvalue weighted by Gasteiger charge is -2.24. The molecule has 2 rings (SSSR count). The fourth-order valence-electron chi connectivity index (χ4n) is 1.62. The van der Waals surface area contributed by atoms with E-state index in [0.29, 0.717) is 11.7 Å². The van der Waals surface area contributed by atoms with Gasteiger partial charge in [0, 0.05) is 5.92 Å². The molecule has 0 aliphatic heterocycles. The van der Waals surface area contributed by atoms with Gasteiger partial charge in [-0.25, -0.2) is 9.97 Å². The van der Waals surface area contributed by atoms with Gasteiger partial charge in [0.05, 0.1) is 9.26 Å². The van der Waals surface area contributed by atoms with E-state index in [0.717, 1.165) is 21.5 Å². The summed E-state index contributed by atoms with van der Waals surface area (Å²) in [4.78, 5) is 8.94. The normalized spacial score (nSPS) is 16.7. The van der Waals surface area contributed by atoms with E-state index >= 15 is 0 Å². The number of nitrogens with two attached hydrogens (primary N) is 1. The fourth-order valence-corrected chi connectivity index (χ4v) is 2.24. The van der Waals surface area contributed by atoms with Crippen molar-refractivity contribution in [3.63, 3.8) is 0 Å². The number of aromatic nitrogens is 2. The van der Waals surface area contributed by atoms with E-state index in [1.54, 1.807) is 0 Å². The summed E-state index contributed by atoms with van der Waals surface area (Å²) in [6.45, 7) is 2.11. The largest absolute Gasteiger partial charge is 0.383 e. The van der Waals surface area contributed by atoms with Crippen LogP contribution in [0.1, 0.15) is 43.6 Å². The van der Waals surface area contributed by atoms with Gasteiger partial charge in [-0.05, 0) is 41.9 Å². The predicted molar refractivity (Wildman–Crippen MR) is 65.1 cm³/mol. The average molecular weight is 303 g/mol. The first-order valence-electron chi connectivity index (χ1n) is 5.04. The Morgan fingerprint density at radius 2 is 2.14 bits per heavy atom. The van der Waals surface area contributed by atoms with E-state index in [4.69, 9.17) is 5.73 Å². The minimum Gasteiger partial charge on any atom is -0.383 e. The molecular weight excluding hydrogens is 289 g/mol. The lowest BCUT2D eigenvalue weighted by atomic mass is 9.85. The van der Waals surface area contributed by atoms with E-state index in [1.165, 1.54) is 19.3 Å². The number of hydrogen-bond donors (Lipinski definition) is 1. The lowest BCUT2D eigenvalue weighted by Crippen LogP contribution is -2.16. The molecule has 0 bridgehead atoms. The number of anilines is 1. The molecule has 0 radical (unpaired) electrons. The average Bonchev–Trinajstić information content (AvgIpc) is 2.08. The minimum absolute atomic E-state index is 0.569. The molecular formula is C10H14IN3. The van der Waals surface area contributed by atoms with E-state index in [2.05, 4.69) is 39.5 Å². The highest BCUT2D eigenvalue weighted by Crippen LogP contribution is 2.35. The molecule has 0 atom stereocenters. The molecule has 14 heavy (non-hydrogen) atoms. The third kappa shape index (κ3) is 1.71. The number of nitrogen functional groups attached to an aromatic ring is 1. The molecule has 0 unspecified atom stereocenters. The van der Waals surface area contributed by atoms with Gasteiger partial charge in [0.25, 0.3) is 0 Å². The monoisotopic (exact) mass is 303 g/mol. The highest BCUT2D eigenvalue weighted by Gasteiger charge is 2.23. The first-order valence-corrected chi connectivity index (χ1v) is 6.12. The molecule has 2 N–H and O–H groups in total. The summed E-state index contributed by atoms with van der Waals surface area (Å²) < 4.78 is 1.02. The Morgan fingerprint density at radius 1 is 1.43 bits per heavy atom. The Hall–Kier alpha value is -0.390. The highest BCUT2D eigenvalue weighted by atomic mass is 127. The summed E-state index contributed by atoms with van der Waals surface area (Å²) in [5, 5.41) is 0. The summed E-state index contributed by atoms with van der Waals surface area (Å²) in [7, 11) is 0. The maximum Gasteiger partial charge on any atom is 0.140 e. The van der Waals surface area contributed by atoms with Crippen LogP contribution in [0.4, 0.5) is 5.82 Å². The van der Waals surface area contributed by atoms with Crippen LogP contribution >= 0.6 is 22.6 Å². The third-order valence-corrected chi connectivity index (χ3v) is 3.94. The number of nitrogens with zero attached hydrogens (tertiary/aromatic N) is 2. The lowest BCUT2D eigenvalue weighted by molar-refractivity contribution is 0.400. The standard InChI is InChI=1S/C10H14IN3/c1-2-7-8(11)9(12)14-10(13-7)6-4-3-5-6/h6H,2-5H2,1H3,(H2,12,13,14). The van der Waals surface area contributed by atoms with Gasteiger partial charge >= 0.3 is 0 Å². The topological polar surface area (TPSA) is 51.8 Å². The number of halogens is 1. The second-order valence-electron chi connectivity index (χ2n) is 3.71. The Morgan fingerprint density at radius 3 is 2.64 bits per heavy atom. The van der Waals surface area contributed by atoms with Gasteiger partial charge in [0.1, 0.15) is 11.6 Å². The SMILES string of the molecule is CCc1nc(C2CCC2)nc(N)c1I. The van der Waals surface area contributed by atoms with Gasteiger partial charge in [0.15, 0.2) is 0 Å². The molecule has 1 saturated carbocycles. The van der Waals surface area contributed by atoms with E-state index in [9.17, 15) is 0 Å². The molecule has 1 heterocycles. The Labute approximate surface area is 97.7 Å². The Balaban J connectivity index is 2.37. The van der Waals surface area contributed by atoms with Gasteiger partial charge in [-0.2, -0.15) is 0 Å². The molecule has 1 fully saturated rings. The molecule has 1 aromatic heterocycles. The summed E-state index contributed by atoms with van der Waals surface area (Å²) in [5.74, 6) is 2.19. The van der Waals surface area contributed by atoms with E-state index < -0.39 is 0 Å². The van der Waals surface area contributed by atoms with E-state index in [-0.39, 0.29) is 0 Å². The van der Waals surface area contributed by atoms with Crippen molar-refractivity contribution in [2.45, 2.75) is 38.5 Å². The number of hydrogen-bond acceptors (Lipinski definition) is 3. The molecule has 1 aliphatic carbocycles. The van der Waals surface area contributed by atoms with Crippen LogP contribution in [0.25, 0.3) is 0 Å². The van der Waals surface area contributed by atoms with Crippen molar-refractivity contribution < 1.29 is 0 Å². The Bertz CT molecular complexity index is 347. The van der Waals surface area contributed by atoms with Gasteiger partial charge in [-0.1, -0.05) is 13.3 Å². The number of aryl methyl sites for hydroxylation is 1. The molecule has 3 nitrogen and oxygen atoms in total. The maximum atomic E-state index is 5.86. The van der Waals surface area contributed by atoms with Crippen LogP contribution in [-0.4, -0.2) is 9.97 Å². The quantitative estimate of drug-likeness (QED) is 0.854. The molecule has 4 heteroatoms. The molecule has 0 aromatic carbocycles. The molecule has 0 saturated heterocycles. The van der Waals surface area contributed by atoms with Crippen LogP contribution in [0.5, 0.6) is 0 Å². The summed E-state index contributed by atoms with van der Waals surface area (Å²) >= 11 is 2.23. The smallest absolute Gasteiger partial charge is 0.140 e. The van der Waals surface area contributed by atoms with Crippen molar-refractivity contribution in [3.8, 4) is 0 Å². The summed E-state index contributed by atoms with van der Waals surface area (Å²) in [6.07, 6.45) is 4.69. The number of rotatable bonds is 2. The van der Waals surface area contributed by atoms with E-state index in [1.807, 2.05) is 0 Å². The predicted octanol–water partition coefficient (Wildman–Crippen LogP) is 2.49. The van der Waals surface area contributed by atoms with Crippen molar-refractivity contribution in [1.29, 1.82) is 0 Å². The first-order chi connectivity index (χ1) is 6.72. The molecule has 0 amide bonds. The van der Waals surface area contributed by atoms with Crippen molar-refractivity contribution in [1.82, 2.24) is 9.97 Å². The third-order valence-electron chi connectivity index (χ3n) is 2.77. The Kier molecular flexibility index (Phi) is 2.90. The van der Waals surface area contributed by atoms with Crippen molar-refractivity contribution in [2.24, 2.45) is 0 Å². The minimum atomic E-state index is 0.569. The maximum absolute atomic E-state index is 5.86. The zero-order valence-corrected chi connectivity index (χ0v) is 10.4. The zero-order valence-electron chi connectivity index (χ0n) is 8.26. The van der Waals surface area contributed by atoms with Crippen LogP contribution in [0.15, 0.2) is 0 Å². The van der Waals surface area contributed by atoms with Crippen LogP contribution < -0.4 is 5.73 Å². The summed E-state index contributed by atoms with van der Waals surface area (Å²) in [6, 6.07) is 0. The van der Waals surface area contributed by atoms with Crippen molar-refractivity contribution in [3.05, 3.63) is 15.1 Å². The highest BCUT2D eigenvalue weighted by molar-refractivity contribution is 14.1. The second-order valence-corrected chi connectivity index (χ2v) is 4.79. The van der Waals surface area contributed by atoms with Crippen molar-refractivity contribution in [2.75, 3.05) is 5.73 Å². The zero-order chi connectivity index (χ0) is 10.1. The van der Waals surface area contributed by atoms with Crippen LogP contribution in [0.2, 0.25) is 0 Å². The fraction of sp³-hybridized carbons (Fsp3) is 0.600. The molecule has 1 aliphatic rings. The van der Waals surface area contributed by atoms with Crippen LogP contribution in [0.3, 0.4) is 0 Å². The van der Waals surface area contributed by atoms with Crippen LogP contribution in [-0.2, 0) is 6.42 Å².